The average Bonchev–Trinajstić information content (AvgIpc) is 3.08. The number of methoxy groups -OCH3 is 1. The van der Waals surface area contributed by atoms with Crippen molar-refractivity contribution >= 4 is 17.5 Å². The molecule has 1 aromatic heterocycles. The van der Waals surface area contributed by atoms with Gasteiger partial charge < -0.3 is 10.1 Å². The van der Waals surface area contributed by atoms with Crippen molar-refractivity contribution in [2.75, 3.05) is 20.3 Å². The van der Waals surface area contributed by atoms with E-state index in [0.717, 1.165) is 0 Å². The van der Waals surface area contributed by atoms with Gasteiger partial charge in [0, 0.05) is 24.2 Å². The Morgan fingerprint density at radius 2 is 1.88 bits per heavy atom. The Labute approximate surface area is 154 Å². The summed E-state index contributed by atoms with van der Waals surface area (Å²) < 4.78 is 19.7. The molecule has 6 nitrogen and oxygen atoms in total. The summed E-state index contributed by atoms with van der Waals surface area (Å²) in [6.45, 7) is 0.727. The monoisotopic (exact) mass is 374 g/mol. The zero-order valence-corrected chi connectivity index (χ0v) is 14.7. The second-order valence-electron chi connectivity index (χ2n) is 5.40. The second-order valence-corrected chi connectivity index (χ2v) is 5.84. The molecule has 1 heterocycles. The number of halogens is 2. The number of carbonyl (C=O) groups is 1. The zero-order valence-electron chi connectivity index (χ0n) is 13.9. The summed E-state index contributed by atoms with van der Waals surface area (Å²) in [7, 11) is 1.55. The number of nitrogens with zero attached hydrogens (tertiary/aromatic N) is 3. The van der Waals surface area contributed by atoms with Gasteiger partial charge in [0.15, 0.2) is 5.82 Å². The Morgan fingerprint density at radius 1 is 1.19 bits per heavy atom. The topological polar surface area (TPSA) is 69.0 Å². The molecule has 0 atom stereocenters. The van der Waals surface area contributed by atoms with E-state index in [9.17, 15) is 9.18 Å². The van der Waals surface area contributed by atoms with Crippen molar-refractivity contribution in [1.82, 2.24) is 20.1 Å². The first-order valence-electron chi connectivity index (χ1n) is 7.84. The molecule has 0 saturated carbocycles. The van der Waals surface area contributed by atoms with Gasteiger partial charge in [0.1, 0.15) is 5.82 Å². The number of hydrogen-bond acceptors (Lipinski definition) is 4. The first-order valence-corrected chi connectivity index (χ1v) is 8.22. The van der Waals surface area contributed by atoms with Gasteiger partial charge in [0.05, 0.1) is 12.3 Å². The molecule has 2 aromatic carbocycles. The Bertz CT molecular complexity index is 832. The lowest BCUT2D eigenvalue weighted by Crippen LogP contribution is -2.28. The number of hydrogen-bond donors (Lipinski definition) is 1. The van der Waals surface area contributed by atoms with Crippen molar-refractivity contribution in [2.45, 2.75) is 0 Å². The highest BCUT2D eigenvalue weighted by atomic mass is 35.5. The predicted octanol–water partition coefficient (Wildman–Crippen LogP) is 3.10. The van der Waals surface area contributed by atoms with E-state index in [4.69, 9.17) is 16.3 Å². The van der Waals surface area contributed by atoms with Gasteiger partial charge in [-0.3, -0.25) is 4.79 Å². The Kier molecular flexibility index (Phi) is 5.60. The number of nitrogens with one attached hydrogen (secondary N) is 1. The maximum absolute atomic E-state index is 13.2. The van der Waals surface area contributed by atoms with Gasteiger partial charge in [-0.2, -0.15) is 0 Å². The standard InChI is InChI=1S/C18H16ClFN4O2/c1-26-11-10-21-18(25)16-22-17(12-2-6-14(20)7-3-12)24(23-16)15-8-4-13(19)5-9-15/h2-9H,10-11H2,1H3,(H,21,25). The van der Waals surface area contributed by atoms with Gasteiger partial charge in [0.2, 0.25) is 5.82 Å². The van der Waals surface area contributed by atoms with Crippen molar-refractivity contribution in [3.63, 3.8) is 0 Å². The molecule has 0 aliphatic heterocycles. The van der Waals surface area contributed by atoms with Crippen LogP contribution in [-0.2, 0) is 4.74 Å². The largest absolute Gasteiger partial charge is 0.383 e. The number of amides is 1. The molecule has 0 spiro atoms. The molecule has 3 aromatic rings. The lowest BCUT2D eigenvalue weighted by Gasteiger charge is -2.06. The van der Waals surface area contributed by atoms with Gasteiger partial charge in [-0.15, -0.1) is 5.10 Å². The van der Waals surface area contributed by atoms with Crippen LogP contribution < -0.4 is 5.32 Å². The molecule has 0 aliphatic rings. The quantitative estimate of drug-likeness (QED) is 0.673. The van der Waals surface area contributed by atoms with Gasteiger partial charge >= 0.3 is 0 Å². The van der Waals surface area contributed by atoms with E-state index in [0.29, 0.717) is 35.2 Å². The van der Waals surface area contributed by atoms with Crippen molar-refractivity contribution in [3.05, 3.63) is 65.2 Å². The fraction of sp³-hybridized carbons (Fsp3) is 0.167. The van der Waals surface area contributed by atoms with Crippen molar-refractivity contribution in [3.8, 4) is 17.1 Å². The van der Waals surface area contributed by atoms with E-state index in [2.05, 4.69) is 15.4 Å². The summed E-state index contributed by atoms with van der Waals surface area (Å²) in [5.74, 6) is -0.346. The third kappa shape index (κ3) is 4.07. The minimum atomic E-state index is -0.418. The van der Waals surface area contributed by atoms with Gasteiger partial charge in [-0.25, -0.2) is 14.1 Å². The third-order valence-electron chi connectivity index (χ3n) is 3.58. The van der Waals surface area contributed by atoms with Crippen LogP contribution in [0, 0.1) is 5.82 Å². The van der Waals surface area contributed by atoms with E-state index < -0.39 is 5.91 Å². The summed E-state index contributed by atoms with van der Waals surface area (Å²) in [5.41, 5.74) is 1.31. The lowest BCUT2D eigenvalue weighted by atomic mass is 10.2. The highest BCUT2D eigenvalue weighted by Gasteiger charge is 2.18. The molecule has 0 aliphatic carbocycles. The third-order valence-corrected chi connectivity index (χ3v) is 3.83. The number of carbonyl (C=O) groups excluding carboxylic acids is 1. The van der Waals surface area contributed by atoms with E-state index in [-0.39, 0.29) is 11.6 Å². The van der Waals surface area contributed by atoms with Crippen LogP contribution in [0.2, 0.25) is 5.02 Å². The minimum absolute atomic E-state index is 0.00961. The molecular formula is C18H16ClFN4O2. The molecule has 0 bridgehead atoms. The van der Waals surface area contributed by atoms with Crippen molar-refractivity contribution < 1.29 is 13.9 Å². The summed E-state index contributed by atoms with van der Waals surface area (Å²) in [4.78, 5) is 16.6. The fourth-order valence-corrected chi connectivity index (χ4v) is 2.43. The smallest absolute Gasteiger partial charge is 0.291 e. The maximum atomic E-state index is 13.2. The van der Waals surface area contributed by atoms with E-state index in [1.807, 2.05) is 0 Å². The summed E-state index contributed by atoms with van der Waals surface area (Å²) >= 11 is 5.94. The van der Waals surface area contributed by atoms with Gasteiger partial charge in [0.25, 0.3) is 5.91 Å². The van der Waals surface area contributed by atoms with E-state index in [1.54, 1.807) is 43.5 Å². The second kappa shape index (κ2) is 8.07. The number of benzene rings is 2. The van der Waals surface area contributed by atoms with Gasteiger partial charge in [-0.05, 0) is 48.5 Å². The summed E-state index contributed by atoms with van der Waals surface area (Å²) in [6, 6.07) is 12.8. The zero-order chi connectivity index (χ0) is 18.5. The van der Waals surface area contributed by atoms with Gasteiger partial charge in [-0.1, -0.05) is 11.6 Å². The highest BCUT2D eigenvalue weighted by Crippen LogP contribution is 2.22. The normalized spacial score (nSPS) is 10.7. The van der Waals surface area contributed by atoms with Crippen LogP contribution in [0.5, 0.6) is 0 Å². The predicted molar refractivity (Wildman–Crippen MR) is 96.0 cm³/mol. The minimum Gasteiger partial charge on any atom is -0.383 e. The SMILES string of the molecule is COCCNC(=O)c1nc(-c2ccc(F)cc2)n(-c2ccc(Cl)cc2)n1. The molecule has 0 unspecified atom stereocenters. The first kappa shape index (κ1) is 18.0. The van der Waals surface area contributed by atoms with Crippen LogP contribution in [-0.4, -0.2) is 40.9 Å². The Morgan fingerprint density at radius 3 is 2.54 bits per heavy atom. The molecular weight excluding hydrogens is 359 g/mol. The number of ether oxygens (including phenoxy) is 1. The van der Waals surface area contributed by atoms with Crippen LogP contribution in [0.15, 0.2) is 48.5 Å². The number of aromatic nitrogens is 3. The van der Waals surface area contributed by atoms with Crippen molar-refractivity contribution in [2.24, 2.45) is 0 Å². The average molecular weight is 375 g/mol. The highest BCUT2D eigenvalue weighted by molar-refractivity contribution is 6.30. The van der Waals surface area contributed by atoms with Crippen molar-refractivity contribution in [1.29, 1.82) is 0 Å². The first-order chi connectivity index (χ1) is 12.6. The lowest BCUT2D eigenvalue weighted by molar-refractivity contribution is 0.0927. The molecule has 0 saturated heterocycles. The van der Waals surface area contributed by atoms with Crippen LogP contribution in [0.1, 0.15) is 10.6 Å². The van der Waals surface area contributed by atoms with Crippen LogP contribution in [0.4, 0.5) is 4.39 Å². The van der Waals surface area contributed by atoms with Crippen LogP contribution in [0.3, 0.4) is 0 Å². The molecule has 0 radical (unpaired) electrons. The molecule has 1 amide bonds. The Hall–Kier alpha value is -2.77. The van der Waals surface area contributed by atoms with Crippen LogP contribution in [0.25, 0.3) is 17.1 Å². The molecule has 3 rings (SSSR count). The maximum Gasteiger partial charge on any atom is 0.291 e. The molecule has 0 fully saturated rings. The van der Waals surface area contributed by atoms with Crippen LogP contribution >= 0.6 is 11.6 Å². The summed E-state index contributed by atoms with van der Waals surface area (Å²) in [5, 5.41) is 7.56. The molecule has 1 N–H and O–H groups in total. The Balaban J connectivity index is 2.01. The van der Waals surface area contributed by atoms with E-state index >= 15 is 0 Å². The molecule has 134 valence electrons. The number of rotatable bonds is 6. The molecule has 26 heavy (non-hydrogen) atoms. The molecule has 8 heteroatoms. The fourth-order valence-electron chi connectivity index (χ4n) is 2.30. The summed E-state index contributed by atoms with van der Waals surface area (Å²) in [6.07, 6.45) is 0. The van der Waals surface area contributed by atoms with E-state index in [1.165, 1.54) is 16.8 Å².